The number of hydrogen-bond donors (Lipinski definition) is 2. The van der Waals surface area contributed by atoms with Crippen LogP contribution in [0, 0.1) is 0 Å². The van der Waals surface area contributed by atoms with Gasteiger partial charge in [-0.05, 0) is 38.1 Å². The zero-order valence-corrected chi connectivity index (χ0v) is 9.84. The van der Waals surface area contributed by atoms with E-state index < -0.39 is 5.60 Å². The fourth-order valence-corrected chi connectivity index (χ4v) is 1.76. The van der Waals surface area contributed by atoms with Gasteiger partial charge in [-0.25, -0.2) is 4.98 Å². The molecule has 0 aliphatic rings. The zero-order chi connectivity index (χ0) is 12.8. The smallest absolute Gasteiger partial charge is 0.103 e. The molecule has 3 nitrogen and oxygen atoms in total. The average Bonchev–Trinajstić information content (AvgIpc) is 2.13. The highest BCUT2D eigenvalue weighted by molar-refractivity contribution is 6.31. The Bertz CT molecular complexity index is 593. The third-order valence-electron chi connectivity index (χ3n) is 2.30. The molecule has 0 radical (unpaired) electrons. The lowest BCUT2D eigenvalue weighted by molar-refractivity contribution is 0.0751. The van der Waals surface area contributed by atoms with Crippen molar-refractivity contribution >= 4 is 28.2 Å². The minimum atomic E-state index is -1.13. The van der Waals surface area contributed by atoms with Gasteiger partial charge in [0.05, 0.1) is 18.3 Å². The highest BCUT2D eigenvalue weighted by Gasteiger charge is 2.21. The Morgan fingerprint density at radius 2 is 2.19 bits per heavy atom. The molecule has 3 N–H and O–H groups in total. The van der Waals surface area contributed by atoms with Crippen molar-refractivity contribution in [2.45, 2.75) is 19.4 Å². The summed E-state index contributed by atoms with van der Waals surface area (Å²) in [5, 5.41) is 11.1. The molecule has 2 rings (SSSR count). The summed E-state index contributed by atoms with van der Waals surface area (Å²) in [7, 11) is 0. The molecule has 1 aromatic heterocycles. The fourth-order valence-electron chi connectivity index (χ4n) is 1.59. The summed E-state index contributed by atoms with van der Waals surface area (Å²) < 4.78 is 7.81. The van der Waals surface area contributed by atoms with Crippen LogP contribution in [0.4, 0.5) is 5.69 Å². The van der Waals surface area contributed by atoms with Gasteiger partial charge in [0, 0.05) is 10.4 Å². The first-order valence-corrected chi connectivity index (χ1v) is 5.26. The number of aliphatic hydroxyl groups is 1. The second kappa shape index (κ2) is 3.61. The maximum Gasteiger partial charge on any atom is 0.103 e. The standard InChI is InChI=1S/C12H13ClN2O/c1-12(2,16)11-9(14)6-7-5-8(13)3-4-10(7)15-11/h3-6,16H,14H2,1-2H3/i4D. The number of halogens is 1. The van der Waals surface area contributed by atoms with Gasteiger partial charge in [0.2, 0.25) is 0 Å². The van der Waals surface area contributed by atoms with Crippen LogP contribution in [-0.4, -0.2) is 10.1 Å². The predicted molar refractivity (Wildman–Crippen MR) is 66.4 cm³/mol. The lowest BCUT2D eigenvalue weighted by Gasteiger charge is -2.19. The average molecular weight is 238 g/mol. The Morgan fingerprint density at radius 1 is 1.50 bits per heavy atom. The molecular weight excluding hydrogens is 224 g/mol. The molecule has 0 spiro atoms. The number of nitrogen functional groups attached to an aromatic ring is 1. The molecule has 16 heavy (non-hydrogen) atoms. The molecule has 0 saturated heterocycles. The minimum Gasteiger partial charge on any atom is -0.397 e. The second-order valence-corrected chi connectivity index (χ2v) is 4.68. The number of benzene rings is 1. The first-order chi connectivity index (χ1) is 7.79. The normalized spacial score (nSPS) is 12.9. The zero-order valence-electron chi connectivity index (χ0n) is 10.1. The van der Waals surface area contributed by atoms with Crippen molar-refractivity contribution in [3.63, 3.8) is 0 Å². The van der Waals surface area contributed by atoms with Crippen molar-refractivity contribution in [2.24, 2.45) is 0 Å². The summed E-state index contributed by atoms with van der Waals surface area (Å²) in [5.74, 6) is 0. The molecule has 0 amide bonds. The molecule has 0 unspecified atom stereocenters. The Balaban J connectivity index is 2.81. The molecular formula is C12H13ClN2O. The van der Waals surface area contributed by atoms with Gasteiger partial charge in [-0.15, -0.1) is 0 Å². The van der Waals surface area contributed by atoms with Gasteiger partial charge in [-0.3, -0.25) is 0 Å². The van der Waals surface area contributed by atoms with E-state index in [1.54, 1.807) is 26.0 Å². The third-order valence-corrected chi connectivity index (χ3v) is 2.52. The van der Waals surface area contributed by atoms with E-state index in [0.29, 0.717) is 27.3 Å². The monoisotopic (exact) mass is 237 g/mol. The number of hydrogen-bond acceptors (Lipinski definition) is 3. The van der Waals surface area contributed by atoms with Crippen molar-refractivity contribution in [3.8, 4) is 0 Å². The lowest BCUT2D eigenvalue weighted by atomic mass is 10.0. The van der Waals surface area contributed by atoms with Crippen molar-refractivity contribution < 1.29 is 6.48 Å². The van der Waals surface area contributed by atoms with Crippen molar-refractivity contribution in [1.82, 2.24) is 4.98 Å². The molecule has 1 aromatic carbocycles. The molecule has 0 fully saturated rings. The summed E-state index contributed by atoms with van der Waals surface area (Å²) in [5.41, 5.74) is 5.97. The van der Waals surface area contributed by atoms with Crippen LogP contribution in [0.3, 0.4) is 0 Å². The summed E-state index contributed by atoms with van der Waals surface area (Å²) in [6.45, 7) is 3.22. The summed E-state index contributed by atoms with van der Waals surface area (Å²) in [6, 6.07) is 5.12. The number of aromatic nitrogens is 1. The molecule has 0 aliphatic heterocycles. The summed E-state index contributed by atoms with van der Waals surface area (Å²) in [6.07, 6.45) is 0. The highest BCUT2D eigenvalue weighted by Crippen LogP contribution is 2.28. The van der Waals surface area contributed by atoms with Crippen LogP contribution >= 0.6 is 11.6 Å². The number of pyridine rings is 1. The SMILES string of the molecule is [2H]c1cc(Cl)cc2cc(N)c(C(C)(C)O)nc12. The molecule has 1 heterocycles. The van der Waals surface area contributed by atoms with Crippen LogP contribution < -0.4 is 5.73 Å². The molecule has 84 valence electrons. The Kier molecular flexibility index (Phi) is 2.23. The van der Waals surface area contributed by atoms with E-state index in [4.69, 9.17) is 18.7 Å². The topological polar surface area (TPSA) is 59.1 Å². The molecule has 2 aromatic rings. The van der Waals surface area contributed by atoms with Gasteiger partial charge < -0.3 is 10.8 Å². The molecule has 0 atom stereocenters. The number of anilines is 1. The largest absolute Gasteiger partial charge is 0.397 e. The van der Waals surface area contributed by atoms with Crippen LogP contribution in [0.1, 0.15) is 20.9 Å². The first-order valence-electron chi connectivity index (χ1n) is 5.38. The number of rotatable bonds is 1. The third kappa shape index (κ3) is 1.96. The van der Waals surface area contributed by atoms with E-state index in [1.165, 1.54) is 6.07 Å². The van der Waals surface area contributed by atoms with Crippen LogP contribution in [0.25, 0.3) is 10.9 Å². The minimum absolute atomic E-state index is 0.220. The maximum absolute atomic E-state index is 9.94. The second-order valence-electron chi connectivity index (χ2n) is 4.24. The van der Waals surface area contributed by atoms with E-state index in [1.807, 2.05) is 0 Å². The molecule has 0 bridgehead atoms. The van der Waals surface area contributed by atoms with E-state index in [2.05, 4.69) is 4.98 Å². The quantitative estimate of drug-likeness (QED) is 0.802. The maximum atomic E-state index is 9.94. The number of fused-ring (bicyclic) bond motifs is 1. The van der Waals surface area contributed by atoms with E-state index in [-0.39, 0.29) is 6.04 Å². The van der Waals surface area contributed by atoms with Gasteiger partial charge >= 0.3 is 0 Å². The fraction of sp³-hybridized carbons (Fsp3) is 0.250. The molecule has 0 saturated carbocycles. The van der Waals surface area contributed by atoms with Gasteiger partial charge in [0.25, 0.3) is 0 Å². The Labute approximate surface area is 100 Å². The van der Waals surface area contributed by atoms with Crippen LogP contribution in [-0.2, 0) is 5.60 Å². The van der Waals surface area contributed by atoms with Crippen molar-refractivity contribution in [1.29, 1.82) is 0 Å². The van der Waals surface area contributed by atoms with E-state index in [0.717, 1.165) is 0 Å². The molecule has 0 aliphatic carbocycles. The Hall–Kier alpha value is -1.32. The molecule has 4 heteroatoms. The first kappa shape index (κ1) is 9.87. The van der Waals surface area contributed by atoms with Crippen LogP contribution in [0.2, 0.25) is 5.02 Å². The van der Waals surface area contributed by atoms with E-state index in [9.17, 15) is 5.11 Å². The summed E-state index contributed by atoms with van der Waals surface area (Å²) in [4.78, 5) is 4.27. The van der Waals surface area contributed by atoms with Gasteiger partial charge in [0.15, 0.2) is 0 Å². The van der Waals surface area contributed by atoms with Crippen LogP contribution in [0.5, 0.6) is 0 Å². The predicted octanol–water partition coefficient (Wildman–Crippen LogP) is 2.70. The van der Waals surface area contributed by atoms with Gasteiger partial charge in [-0.1, -0.05) is 11.6 Å². The number of nitrogens with zero attached hydrogens (tertiary/aromatic N) is 1. The summed E-state index contributed by atoms with van der Waals surface area (Å²) >= 11 is 5.87. The van der Waals surface area contributed by atoms with Gasteiger partial charge in [-0.2, -0.15) is 0 Å². The highest BCUT2D eigenvalue weighted by atomic mass is 35.5. The van der Waals surface area contributed by atoms with Crippen LogP contribution in [0.15, 0.2) is 24.2 Å². The van der Waals surface area contributed by atoms with E-state index >= 15 is 0 Å². The van der Waals surface area contributed by atoms with Gasteiger partial charge in [0.1, 0.15) is 5.60 Å². The number of nitrogens with two attached hydrogens (primary N) is 1. The lowest BCUT2D eigenvalue weighted by Crippen LogP contribution is -2.19. The van der Waals surface area contributed by atoms with Crippen molar-refractivity contribution in [3.05, 3.63) is 35.0 Å². The Morgan fingerprint density at radius 3 is 2.81 bits per heavy atom. The van der Waals surface area contributed by atoms with Crippen molar-refractivity contribution in [2.75, 3.05) is 5.73 Å².